The molecular formula is C14H13N5O. The van der Waals surface area contributed by atoms with Crippen LogP contribution in [-0.4, -0.2) is 28.8 Å². The molecule has 2 N–H and O–H groups in total. The van der Waals surface area contributed by atoms with Crippen LogP contribution in [0.3, 0.4) is 0 Å². The molecule has 1 aliphatic rings. The summed E-state index contributed by atoms with van der Waals surface area (Å²) in [6, 6.07) is 7.26. The highest BCUT2D eigenvalue weighted by molar-refractivity contribution is 6.02. The number of aromatic nitrogens is 2. The molecule has 1 aliphatic heterocycles. The topological polar surface area (TPSA) is 79.3 Å². The van der Waals surface area contributed by atoms with Crippen molar-refractivity contribution in [1.29, 1.82) is 0 Å². The normalized spacial score (nSPS) is 12.6. The van der Waals surface area contributed by atoms with Gasteiger partial charge in [0.15, 0.2) is 5.82 Å². The molecule has 3 rings (SSSR count). The molecule has 2 heterocycles. The molecule has 0 saturated carbocycles. The van der Waals surface area contributed by atoms with Gasteiger partial charge in [-0.2, -0.15) is 0 Å². The van der Waals surface area contributed by atoms with Crippen molar-refractivity contribution in [2.45, 2.75) is 6.42 Å². The molecule has 1 aromatic carbocycles. The fourth-order valence-electron chi connectivity index (χ4n) is 2.02. The van der Waals surface area contributed by atoms with Gasteiger partial charge in [-0.25, -0.2) is 9.98 Å². The number of carbonyl (C=O) groups is 1. The third-order valence-electron chi connectivity index (χ3n) is 2.97. The van der Waals surface area contributed by atoms with E-state index in [0.29, 0.717) is 17.8 Å². The van der Waals surface area contributed by atoms with Gasteiger partial charge in [-0.1, -0.05) is 6.07 Å². The number of fused-ring (bicyclic) bond motifs is 1. The maximum atomic E-state index is 11.6. The predicted molar refractivity (Wildman–Crippen MR) is 76.3 cm³/mol. The van der Waals surface area contributed by atoms with Gasteiger partial charge < -0.3 is 10.6 Å². The number of nitrogens with one attached hydrogen (secondary N) is 2. The monoisotopic (exact) mass is 267 g/mol. The van der Waals surface area contributed by atoms with E-state index in [-0.39, 0.29) is 5.91 Å². The average molecular weight is 267 g/mol. The highest BCUT2D eigenvalue weighted by atomic mass is 16.1. The number of rotatable bonds is 2. The van der Waals surface area contributed by atoms with Crippen LogP contribution in [0, 0.1) is 0 Å². The highest BCUT2D eigenvalue weighted by Crippen LogP contribution is 2.22. The molecule has 0 spiro atoms. The van der Waals surface area contributed by atoms with Crippen LogP contribution in [0.25, 0.3) is 0 Å². The Balaban J connectivity index is 1.79. The van der Waals surface area contributed by atoms with Crippen molar-refractivity contribution in [3.63, 3.8) is 0 Å². The third-order valence-corrected chi connectivity index (χ3v) is 2.97. The smallest absolute Gasteiger partial charge is 0.251 e. The van der Waals surface area contributed by atoms with Crippen molar-refractivity contribution in [2.24, 2.45) is 4.99 Å². The van der Waals surface area contributed by atoms with Gasteiger partial charge >= 0.3 is 0 Å². The fraction of sp³-hybridized carbons (Fsp3) is 0.143. The Morgan fingerprint density at radius 1 is 1.25 bits per heavy atom. The van der Waals surface area contributed by atoms with Gasteiger partial charge in [0.1, 0.15) is 5.84 Å². The first kappa shape index (κ1) is 12.3. The van der Waals surface area contributed by atoms with Gasteiger partial charge in [-0.15, -0.1) is 0 Å². The lowest BCUT2D eigenvalue weighted by atomic mass is 10.2. The second kappa shape index (κ2) is 5.08. The largest absolute Gasteiger partial charge is 0.355 e. The lowest BCUT2D eigenvalue weighted by Gasteiger charge is -2.07. The first-order valence-electron chi connectivity index (χ1n) is 6.23. The molecule has 0 unspecified atom stereocenters. The first-order chi connectivity index (χ1) is 9.76. The summed E-state index contributed by atoms with van der Waals surface area (Å²) >= 11 is 0. The molecule has 1 amide bonds. The summed E-state index contributed by atoms with van der Waals surface area (Å²) in [5.41, 5.74) is 2.28. The molecule has 0 radical (unpaired) electrons. The minimum atomic E-state index is -0.117. The Hall–Kier alpha value is -2.76. The first-order valence-corrected chi connectivity index (χ1v) is 6.23. The Bertz CT molecular complexity index is 695. The Labute approximate surface area is 116 Å². The summed E-state index contributed by atoms with van der Waals surface area (Å²) in [6.07, 6.45) is 3.90. The van der Waals surface area contributed by atoms with Crippen molar-refractivity contribution in [3.05, 3.63) is 47.9 Å². The van der Waals surface area contributed by atoms with Crippen LogP contribution in [-0.2, 0) is 6.42 Å². The summed E-state index contributed by atoms with van der Waals surface area (Å²) in [5, 5.41) is 5.80. The van der Waals surface area contributed by atoms with E-state index >= 15 is 0 Å². The lowest BCUT2D eigenvalue weighted by molar-refractivity contribution is 0.0963. The van der Waals surface area contributed by atoms with Crippen LogP contribution >= 0.6 is 0 Å². The van der Waals surface area contributed by atoms with Crippen LogP contribution in [0.5, 0.6) is 0 Å². The SMILES string of the molecule is CNC(=O)c1cccc(NC2=Nc3nccnc3C2)c1. The molecular weight excluding hydrogens is 254 g/mol. The van der Waals surface area contributed by atoms with Crippen molar-refractivity contribution in [3.8, 4) is 0 Å². The Kier molecular flexibility index (Phi) is 3.12. The van der Waals surface area contributed by atoms with Crippen molar-refractivity contribution < 1.29 is 4.79 Å². The van der Waals surface area contributed by atoms with E-state index in [2.05, 4.69) is 25.6 Å². The number of amides is 1. The molecule has 6 nitrogen and oxygen atoms in total. The van der Waals surface area contributed by atoms with E-state index in [4.69, 9.17) is 0 Å². The lowest BCUT2D eigenvalue weighted by Crippen LogP contribution is -2.18. The molecule has 6 heteroatoms. The quantitative estimate of drug-likeness (QED) is 0.865. The zero-order valence-electron chi connectivity index (χ0n) is 10.9. The molecule has 1 aromatic heterocycles. The number of benzene rings is 1. The number of carbonyl (C=O) groups excluding carboxylic acids is 1. The molecule has 2 aromatic rings. The van der Waals surface area contributed by atoms with Gasteiger partial charge in [0.25, 0.3) is 5.91 Å². The molecule has 0 saturated heterocycles. The summed E-state index contributed by atoms with van der Waals surface area (Å²) < 4.78 is 0. The van der Waals surface area contributed by atoms with Gasteiger partial charge in [-0.05, 0) is 18.2 Å². The van der Waals surface area contributed by atoms with E-state index in [1.165, 1.54) is 0 Å². The highest BCUT2D eigenvalue weighted by Gasteiger charge is 2.16. The molecule has 0 aliphatic carbocycles. The number of aliphatic imine (C=N–C) groups is 1. The summed E-state index contributed by atoms with van der Waals surface area (Å²) in [5.74, 6) is 1.31. The molecule has 20 heavy (non-hydrogen) atoms. The summed E-state index contributed by atoms with van der Waals surface area (Å²) in [4.78, 5) is 24.4. The average Bonchev–Trinajstić information content (AvgIpc) is 2.88. The van der Waals surface area contributed by atoms with Gasteiger partial charge in [0, 0.05) is 30.7 Å². The van der Waals surface area contributed by atoms with Crippen molar-refractivity contribution >= 4 is 23.2 Å². The minimum Gasteiger partial charge on any atom is -0.355 e. The maximum Gasteiger partial charge on any atom is 0.251 e. The minimum absolute atomic E-state index is 0.117. The second-order valence-electron chi connectivity index (χ2n) is 4.35. The Morgan fingerprint density at radius 2 is 2.10 bits per heavy atom. The molecule has 0 bridgehead atoms. The molecule has 0 atom stereocenters. The number of anilines is 1. The van der Waals surface area contributed by atoms with Crippen molar-refractivity contribution in [2.75, 3.05) is 12.4 Å². The van der Waals surface area contributed by atoms with E-state index in [1.807, 2.05) is 12.1 Å². The van der Waals surface area contributed by atoms with Crippen LogP contribution < -0.4 is 10.6 Å². The third kappa shape index (κ3) is 2.35. The van der Waals surface area contributed by atoms with Crippen LogP contribution in [0.1, 0.15) is 16.1 Å². The van der Waals surface area contributed by atoms with E-state index < -0.39 is 0 Å². The fourth-order valence-corrected chi connectivity index (χ4v) is 2.02. The number of hydrogen-bond acceptors (Lipinski definition) is 5. The maximum absolute atomic E-state index is 11.6. The number of amidine groups is 1. The van der Waals surface area contributed by atoms with Gasteiger partial charge in [0.05, 0.1) is 12.1 Å². The number of nitrogens with zero attached hydrogens (tertiary/aromatic N) is 3. The summed E-state index contributed by atoms with van der Waals surface area (Å²) in [7, 11) is 1.61. The standard InChI is InChI=1S/C14H13N5O/c1-15-14(20)9-3-2-4-10(7-9)18-12-8-11-13(19-12)17-6-5-16-11/h2-7H,8H2,1H3,(H,15,20)(H,17,18,19). The van der Waals surface area contributed by atoms with Gasteiger partial charge in [0.2, 0.25) is 0 Å². The zero-order chi connectivity index (χ0) is 13.9. The van der Waals surface area contributed by atoms with Crippen molar-refractivity contribution in [1.82, 2.24) is 15.3 Å². The number of hydrogen-bond donors (Lipinski definition) is 2. The van der Waals surface area contributed by atoms with E-state index in [0.717, 1.165) is 17.2 Å². The molecule has 0 fully saturated rings. The zero-order valence-corrected chi connectivity index (χ0v) is 10.9. The second-order valence-corrected chi connectivity index (χ2v) is 4.35. The predicted octanol–water partition coefficient (Wildman–Crippen LogP) is 1.53. The van der Waals surface area contributed by atoms with E-state index in [9.17, 15) is 4.79 Å². The van der Waals surface area contributed by atoms with Crippen LogP contribution in [0.2, 0.25) is 0 Å². The van der Waals surface area contributed by atoms with Crippen LogP contribution in [0.4, 0.5) is 11.5 Å². The summed E-state index contributed by atoms with van der Waals surface area (Å²) in [6.45, 7) is 0. The van der Waals surface area contributed by atoms with Crippen LogP contribution in [0.15, 0.2) is 41.7 Å². The Morgan fingerprint density at radius 3 is 2.90 bits per heavy atom. The molecule has 100 valence electrons. The van der Waals surface area contributed by atoms with Gasteiger partial charge in [-0.3, -0.25) is 9.78 Å². The van der Waals surface area contributed by atoms with E-state index in [1.54, 1.807) is 31.6 Å².